The maximum absolute atomic E-state index is 12.9. The lowest BCUT2D eigenvalue weighted by Crippen LogP contribution is -2.31. The number of hydrazone groups is 1. The zero-order valence-corrected chi connectivity index (χ0v) is 17.2. The molecule has 7 nitrogen and oxygen atoms in total. The van der Waals surface area contributed by atoms with E-state index < -0.39 is 4.92 Å². The van der Waals surface area contributed by atoms with Gasteiger partial charge in [0.05, 0.1) is 21.6 Å². The Hall–Kier alpha value is -2.75. The third-order valence-electron chi connectivity index (χ3n) is 4.31. The summed E-state index contributed by atoms with van der Waals surface area (Å²) in [6, 6.07) is 11.6. The number of benzene rings is 1. The molecule has 0 radical (unpaired) electrons. The van der Waals surface area contributed by atoms with Crippen LogP contribution in [0.5, 0.6) is 5.75 Å². The smallest absolute Gasteiger partial charge is 0.312 e. The standard InChI is InChI=1S/C19H14ClN3O4S2/c20-12-5-6-16(14(9-12)23(25)26)27-11-19(24)22-15(18-4-2-8-29-18)10-13(21-22)17-3-1-7-28-17/h1-9,15H,10-11H2. The van der Waals surface area contributed by atoms with Gasteiger partial charge in [-0.25, -0.2) is 5.01 Å². The van der Waals surface area contributed by atoms with Crippen LogP contribution in [0.15, 0.2) is 58.3 Å². The molecule has 0 saturated heterocycles. The molecule has 0 fully saturated rings. The third kappa shape index (κ3) is 4.16. The van der Waals surface area contributed by atoms with E-state index in [1.165, 1.54) is 23.2 Å². The fraction of sp³-hybridized carbons (Fsp3) is 0.158. The van der Waals surface area contributed by atoms with Gasteiger partial charge in [-0.3, -0.25) is 14.9 Å². The number of thiophene rings is 2. The second-order valence-electron chi connectivity index (χ2n) is 6.16. The van der Waals surface area contributed by atoms with Crippen molar-refractivity contribution in [1.82, 2.24) is 5.01 Å². The molecule has 0 N–H and O–H groups in total. The number of carbonyl (C=O) groups is 1. The van der Waals surface area contributed by atoms with E-state index in [1.807, 2.05) is 35.0 Å². The molecule has 1 atom stereocenters. The molecule has 1 amide bonds. The van der Waals surface area contributed by atoms with Gasteiger partial charge in [0.1, 0.15) is 0 Å². The molecule has 3 heterocycles. The summed E-state index contributed by atoms with van der Waals surface area (Å²) < 4.78 is 5.46. The monoisotopic (exact) mass is 447 g/mol. The first-order chi connectivity index (χ1) is 14.0. The Labute approximate surface area is 179 Å². The molecule has 3 aromatic rings. The van der Waals surface area contributed by atoms with Crippen LogP contribution in [0, 0.1) is 10.1 Å². The molecule has 29 heavy (non-hydrogen) atoms. The fourth-order valence-corrected chi connectivity index (χ4v) is 4.69. The van der Waals surface area contributed by atoms with E-state index in [9.17, 15) is 14.9 Å². The molecule has 0 aliphatic carbocycles. The predicted molar refractivity (Wildman–Crippen MR) is 113 cm³/mol. The van der Waals surface area contributed by atoms with Gasteiger partial charge in [-0.1, -0.05) is 23.7 Å². The van der Waals surface area contributed by atoms with Crippen LogP contribution in [0.25, 0.3) is 0 Å². The van der Waals surface area contributed by atoms with Crippen LogP contribution in [0.4, 0.5) is 5.69 Å². The van der Waals surface area contributed by atoms with Crippen molar-refractivity contribution in [3.05, 3.63) is 78.1 Å². The van der Waals surface area contributed by atoms with Crippen LogP contribution in [0.1, 0.15) is 22.2 Å². The van der Waals surface area contributed by atoms with Crippen molar-refractivity contribution in [2.75, 3.05) is 6.61 Å². The van der Waals surface area contributed by atoms with Crippen LogP contribution in [-0.4, -0.2) is 28.2 Å². The van der Waals surface area contributed by atoms with Crippen molar-refractivity contribution in [2.45, 2.75) is 12.5 Å². The Morgan fingerprint density at radius 1 is 1.28 bits per heavy atom. The van der Waals surface area contributed by atoms with E-state index in [0.29, 0.717) is 6.42 Å². The second-order valence-corrected chi connectivity index (χ2v) is 8.52. The first kappa shape index (κ1) is 19.6. The predicted octanol–water partition coefficient (Wildman–Crippen LogP) is 5.13. The number of hydrogen-bond acceptors (Lipinski definition) is 7. The van der Waals surface area contributed by atoms with Crippen molar-refractivity contribution in [3.8, 4) is 5.75 Å². The molecular formula is C19H14ClN3O4S2. The number of nitrogens with zero attached hydrogens (tertiary/aromatic N) is 3. The SMILES string of the molecule is O=C(COc1ccc(Cl)cc1[N+](=O)[O-])N1N=C(c2cccs2)CC1c1cccs1. The van der Waals surface area contributed by atoms with E-state index in [-0.39, 0.29) is 35.0 Å². The van der Waals surface area contributed by atoms with Crippen molar-refractivity contribution in [3.63, 3.8) is 0 Å². The van der Waals surface area contributed by atoms with Crippen LogP contribution in [-0.2, 0) is 4.79 Å². The van der Waals surface area contributed by atoms with Crippen LogP contribution in [0.2, 0.25) is 5.02 Å². The van der Waals surface area contributed by atoms with Gasteiger partial charge in [-0.15, -0.1) is 22.7 Å². The van der Waals surface area contributed by atoms with Gasteiger partial charge in [0.15, 0.2) is 12.4 Å². The average molecular weight is 448 g/mol. The zero-order valence-electron chi connectivity index (χ0n) is 14.9. The van der Waals surface area contributed by atoms with Crippen LogP contribution in [0.3, 0.4) is 0 Å². The molecular weight excluding hydrogens is 434 g/mol. The molecule has 1 unspecified atom stereocenters. The first-order valence-electron chi connectivity index (χ1n) is 8.56. The number of rotatable bonds is 6. The number of hydrogen-bond donors (Lipinski definition) is 0. The number of nitro benzene ring substituents is 1. The lowest BCUT2D eigenvalue weighted by molar-refractivity contribution is -0.385. The van der Waals surface area contributed by atoms with Crippen molar-refractivity contribution in [1.29, 1.82) is 0 Å². The second kappa shape index (κ2) is 8.32. The summed E-state index contributed by atoms with van der Waals surface area (Å²) in [5.74, 6) is -0.388. The summed E-state index contributed by atoms with van der Waals surface area (Å²) in [6.07, 6.45) is 0.605. The molecule has 1 aliphatic heterocycles. The molecule has 0 saturated carbocycles. The molecule has 1 aliphatic rings. The largest absolute Gasteiger partial charge is 0.477 e. The highest BCUT2D eigenvalue weighted by Crippen LogP contribution is 2.36. The normalized spacial score (nSPS) is 16.0. The summed E-state index contributed by atoms with van der Waals surface area (Å²) in [7, 11) is 0. The van der Waals surface area contributed by atoms with Gasteiger partial charge < -0.3 is 4.74 Å². The van der Waals surface area contributed by atoms with E-state index in [2.05, 4.69) is 5.10 Å². The van der Waals surface area contributed by atoms with E-state index >= 15 is 0 Å². The summed E-state index contributed by atoms with van der Waals surface area (Å²) in [4.78, 5) is 25.5. The Balaban J connectivity index is 1.55. The molecule has 4 rings (SSSR count). The van der Waals surface area contributed by atoms with E-state index in [1.54, 1.807) is 22.7 Å². The van der Waals surface area contributed by atoms with Crippen LogP contribution >= 0.6 is 34.3 Å². The van der Waals surface area contributed by atoms with Crippen molar-refractivity contribution >= 4 is 51.6 Å². The fourth-order valence-electron chi connectivity index (χ4n) is 3.00. The number of carbonyl (C=O) groups excluding carboxylic acids is 1. The van der Waals surface area contributed by atoms with Gasteiger partial charge in [-0.05, 0) is 35.0 Å². The zero-order chi connectivity index (χ0) is 20.4. The van der Waals surface area contributed by atoms with E-state index in [4.69, 9.17) is 16.3 Å². The molecule has 0 bridgehead atoms. The number of ether oxygens (including phenoxy) is 1. The lowest BCUT2D eigenvalue weighted by atomic mass is 10.1. The summed E-state index contributed by atoms with van der Waals surface area (Å²) >= 11 is 8.94. The summed E-state index contributed by atoms with van der Waals surface area (Å²) in [5, 5.41) is 21.3. The topological polar surface area (TPSA) is 85.0 Å². The van der Waals surface area contributed by atoms with Crippen molar-refractivity contribution in [2.24, 2.45) is 5.10 Å². The van der Waals surface area contributed by atoms with Gasteiger partial charge in [-0.2, -0.15) is 5.10 Å². The quantitative estimate of drug-likeness (QED) is 0.387. The highest BCUT2D eigenvalue weighted by Gasteiger charge is 2.34. The minimum Gasteiger partial charge on any atom is -0.477 e. The number of halogens is 1. The molecule has 1 aromatic carbocycles. The van der Waals surface area contributed by atoms with Gasteiger partial charge in [0.2, 0.25) is 0 Å². The maximum Gasteiger partial charge on any atom is 0.312 e. The molecule has 0 spiro atoms. The Kier molecular flexibility index (Phi) is 5.61. The number of amides is 1. The highest BCUT2D eigenvalue weighted by atomic mass is 35.5. The minimum absolute atomic E-state index is 0.0120. The van der Waals surface area contributed by atoms with Crippen LogP contribution < -0.4 is 4.74 Å². The van der Waals surface area contributed by atoms with Gasteiger partial charge in [0, 0.05) is 22.4 Å². The van der Waals surface area contributed by atoms with Gasteiger partial charge >= 0.3 is 5.69 Å². The molecule has 10 heteroatoms. The summed E-state index contributed by atoms with van der Waals surface area (Å²) in [6.45, 7) is -0.369. The first-order valence-corrected chi connectivity index (χ1v) is 10.7. The molecule has 148 valence electrons. The lowest BCUT2D eigenvalue weighted by Gasteiger charge is -2.20. The highest BCUT2D eigenvalue weighted by molar-refractivity contribution is 7.12. The average Bonchev–Trinajstić information content (AvgIpc) is 3.47. The third-order valence-corrected chi connectivity index (χ3v) is 6.44. The maximum atomic E-state index is 12.9. The minimum atomic E-state index is -0.594. The molecule has 2 aromatic heterocycles. The Morgan fingerprint density at radius 3 is 2.76 bits per heavy atom. The Morgan fingerprint density at radius 2 is 2.07 bits per heavy atom. The van der Waals surface area contributed by atoms with Gasteiger partial charge in [0.25, 0.3) is 5.91 Å². The van der Waals surface area contributed by atoms with E-state index in [0.717, 1.165) is 15.5 Å². The summed E-state index contributed by atoms with van der Waals surface area (Å²) in [5.41, 5.74) is 0.550. The Bertz CT molecular complexity index is 1070. The van der Waals surface area contributed by atoms with Crippen molar-refractivity contribution < 1.29 is 14.5 Å². The number of nitro groups is 1.